The molecule has 23 heavy (non-hydrogen) atoms. The van der Waals surface area contributed by atoms with Crippen LogP contribution in [-0.2, 0) is 14.8 Å². The molecule has 1 aromatic carbocycles. The number of hydrogen-bond donors (Lipinski definition) is 1. The highest BCUT2D eigenvalue weighted by Crippen LogP contribution is 2.26. The standard InChI is InChI=1S/C17H24N2O3S/c1-4-9-18-17(20)15-6-5-10-19(12-15)23(21,22)16-11-13(2)7-8-14(16)3/h4,7-8,11,15H,1,5-6,9-10,12H2,2-3H3,(H,18,20)/t15-/m1/s1. The molecule has 2 rings (SSSR count). The van der Waals surface area contributed by atoms with Gasteiger partial charge in [-0.05, 0) is 43.9 Å². The molecule has 0 radical (unpaired) electrons. The molecule has 1 amide bonds. The first-order chi connectivity index (χ1) is 10.9. The van der Waals surface area contributed by atoms with E-state index in [9.17, 15) is 13.2 Å². The minimum Gasteiger partial charge on any atom is -0.352 e. The Morgan fingerprint density at radius 2 is 2.17 bits per heavy atom. The molecule has 0 spiro atoms. The van der Waals surface area contributed by atoms with E-state index in [0.717, 1.165) is 11.1 Å². The Hall–Kier alpha value is -1.66. The van der Waals surface area contributed by atoms with Gasteiger partial charge < -0.3 is 5.32 Å². The van der Waals surface area contributed by atoms with E-state index in [-0.39, 0.29) is 18.4 Å². The molecule has 1 saturated heterocycles. The van der Waals surface area contributed by atoms with Crippen molar-refractivity contribution in [3.05, 3.63) is 42.0 Å². The van der Waals surface area contributed by atoms with Crippen LogP contribution in [0.4, 0.5) is 0 Å². The molecule has 1 aliphatic rings. The molecule has 1 aliphatic heterocycles. The molecular formula is C17H24N2O3S. The number of benzene rings is 1. The zero-order valence-corrected chi connectivity index (χ0v) is 14.5. The third-order valence-electron chi connectivity index (χ3n) is 4.14. The Balaban J connectivity index is 2.21. The quantitative estimate of drug-likeness (QED) is 0.837. The third kappa shape index (κ3) is 4.00. The van der Waals surface area contributed by atoms with Gasteiger partial charge in [-0.2, -0.15) is 4.31 Å². The number of piperidine rings is 1. The van der Waals surface area contributed by atoms with Gasteiger partial charge in [0, 0.05) is 19.6 Å². The van der Waals surface area contributed by atoms with Crippen LogP contribution < -0.4 is 5.32 Å². The van der Waals surface area contributed by atoms with Gasteiger partial charge in [-0.3, -0.25) is 4.79 Å². The highest BCUT2D eigenvalue weighted by Gasteiger charge is 2.33. The molecular weight excluding hydrogens is 312 g/mol. The van der Waals surface area contributed by atoms with Crippen LogP contribution in [0, 0.1) is 19.8 Å². The number of amides is 1. The van der Waals surface area contributed by atoms with Crippen molar-refractivity contribution in [3.63, 3.8) is 0 Å². The molecule has 0 aromatic heterocycles. The highest BCUT2D eigenvalue weighted by atomic mass is 32.2. The van der Waals surface area contributed by atoms with Crippen molar-refractivity contribution >= 4 is 15.9 Å². The van der Waals surface area contributed by atoms with Gasteiger partial charge in [-0.25, -0.2) is 8.42 Å². The van der Waals surface area contributed by atoms with Gasteiger partial charge >= 0.3 is 0 Å². The molecule has 0 saturated carbocycles. The Labute approximate surface area is 138 Å². The SMILES string of the molecule is C=CCNC(=O)[C@@H]1CCCN(S(=O)(=O)c2cc(C)ccc2C)C1. The van der Waals surface area contributed by atoms with Crippen molar-refractivity contribution in [2.45, 2.75) is 31.6 Å². The maximum Gasteiger partial charge on any atom is 0.243 e. The summed E-state index contributed by atoms with van der Waals surface area (Å²) >= 11 is 0. The maximum atomic E-state index is 12.9. The fourth-order valence-corrected chi connectivity index (χ4v) is 4.65. The van der Waals surface area contributed by atoms with Crippen molar-refractivity contribution < 1.29 is 13.2 Å². The smallest absolute Gasteiger partial charge is 0.243 e. The summed E-state index contributed by atoms with van der Waals surface area (Å²) in [7, 11) is -3.57. The number of nitrogens with one attached hydrogen (secondary N) is 1. The fraction of sp³-hybridized carbons (Fsp3) is 0.471. The molecule has 1 atom stereocenters. The first-order valence-electron chi connectivity index (χ1n) is 7.82. The van der Waals surface area contributed by atoms with E-state index in [2.05, 4.69) is 11.9 Å². The van der Waals surface area contributed by atoms with Crippen LogP contribution in [0.15, 0.2) is 35.7 Å². The van der Waals surface area contributed by atoms with Gasteiger partial charge in [-0.15, -0.1) is 6.58 Å². The van der Waals surface area contributed by atoms with Gasteiger partial charge in [-0.1, -0.05) is 18.2 Å². The number of carbonyl (C=O) groups excluding carboxylic acids is 1. The zero-order valence-electron chi connectivity index (χ0n) is 13.7. The predicted molar refractivity (Wildman–Crippen MR) is 90.6 cm³/mol. The molecule has 0 bridgehead atoms. The van der Waals surface area contributed by atoms with E-state index in [1.165, 1.54) is 4.31 Å². The molecule has 126 valence electrons. The summed E-state index contributed by atoms with van der Waals surface area (Å²) in [5.41, 5.74) is 1.64. The van der Waals surface area contributed by atoms with Crippen LogP contribution in [0.25, 0.3) is 0 Å². The summed E-state index contributed by atoms with van der Waals surface area (Å²) < 4.78 is 27.3. The lowest BCUT2D eigenvalue weighted by Crippen LogP contribution is -2.45. The number of aryl methyl sites for hydroxylation is 2. The average Bonchev–Trinajstić information content (AvgIpc) is 2.54. The van der Waals surface area contributed by atoms with Gasteiger partial charge in [0.05, 0.1) is 10.8 Å². The van der Waals surface area contributed by atoms with E-state index in [1.807, 2.05) is 19.1 Å². The lowest BCUT2D eigenvalue weighted by atomic mass is 9.99. The van der Waals surface area contributed by atoms with Crippen LogP contribution in [0.1, 0.15) is 24.0 Å². The Bertz CT molecular complexity index is 698. The van der Waals surface area contributed by atoms with Crippen molar-refractivity contribution in [2.75, 3.05) is 19.6 Å². The Kier molecular flexibility index (Phi) is 5.59. The number of nitrogens with zero attached hydrogens (tertiary/aromatic N) is 1. The van der Waals surface area contributed by atoms with E-state index in [4.69, 9.17) is 0 Å². The van der Waals surface area contributed by atoms with Crippen LogP contribution in [-0.4, -0.2) is 38.3 Å². The van der Waals surface area contributed by atoms with E-state index >= 15 is 0 Å². The summed E-state index contributed by atoms with van der Waals surface area (Å²) in [6.45, 7) is 8.34. The van der Waals surface area contributed by atoms with E-state index in [0.29, 0.717) is 30.8 Å². The third-order valence-corrected chi connectivity index (χ3v) is 6.14. The molecule has 0 unspecified atom stereocenters. The predicted octanol–water partition coefficient (Wildman–Crippen LogP) is 2.01. The van der Waals surface area contributed by atoms with E-state index in [1.54, 1.807) is 19.1 Å². The summed E-state index contributed by atoms with van der Waals surface area (Å²) in [4.78, 5) is 12.4. The molecule has 6 heteroatoms. The van der Waals surface area contributed by atoms with Gasteiger partial charge in [0.25, 0.3) is 0 Å². The van der Waals surface area contributed by atoms with Crippen LogP contribution >= 0.6 is 0 Å². The Morgan fingerprint density at radius 1 is 1.43 bits per heavy atom. The second-order valence-electron chi connectivity index (χ2n) is 6.00. The van der Waals surface area contributed by atoms with E-state index < -0.39 is 10.0 Å². The normalized spacial score (nSPS) is 19.3. The summed E-state index contributed by atoms with van der Waals surface area (Å²) in [5.74, 6) is -0.408. The first kappa shape index (κ1) is 17.7. The fourth-order valence-electron chi connectivity index (χ4n) is 2.82. The van der Waals surface area contributed by atoms with Gasteiger partial charge in [0.15, 0.2) is 0 Å². The average molecular weight is 336 g/mol. The van der Waals surface area contributed by atoms with Crippen molar-refractivity contribution in [1.82, 2.24) is 9.62 Å². The number of rotatable bonds is 5. The summed E-state index contributed by atoms with van der Waals surface area (Å²) in [5, 5.41) is 2.76. The summed E-state index contributed by atoms with van der Waals surface area (Å²) in [6, 6.07) is 5.42. The Morgan fingerprint density at radius 3 is 2.87 bits per heavy atom. The number of sulfonamides is 1. The molecule has 1 N–H and O–H groups in total. The molecule has 1 fully saturated rings. The van der Waals surface area contributed by atoms with Crippen molar-refractivity contribution in [1.29, 1.82) is 0 Å². The van der Waals surface area contributed by atoms with Crippen molar-refractivity contribution in [2.24, 2.45) is 5.92 Å². The zero-order chi connectivity index (χ0) is 17.0. The van der Waals surface area contributed by atoms with Crippen LogP contribution in [0.2, 0.25) is 0 Å². The van der Waals surface area contributed by atoms with Gasteiger partial charge in [0.1, 0.15) is 0 Å². The minimum absolute atomic E-state index is 0.106. The monoisotopic (exact) mass is 336 g/mol. The molecule has 5 nitrogen and oxygen atoms in total. The van der Waals surface area contributed by atoms with Crippen LogP contribution in [0.3, 0.4) is 0 Å². The summed E-state index contributed by atoms with van der Waals surface area (Å²) in [6.07, 6.45) is 3.02. The largest absolute Gasteiger partial charge is 0.352 e. The maximum absolute atomic E-state index is 12.9. The highest BCUT2D eigenvalue weighted by molar-refractivity contribution is 7.89. The molecule has 1 aromatic rings. The first-order valence-corrected chi connectivity index (χ1v) is 9.26. The number of carbonyl (C=O) groups is 1. The second-order valence-corrected chi connectivity index (χ2v) is 7.91. The molecule has 1 heterocycles. The lowest BCUT2D eigenvalue weighted by molar-refractivity contribution is -0.125. The topological polar surface area (TPSA) is 66.5 Å². The van der Waals surface area contributed by atoms with Crippen LogP contribution in [0.5, 0.6) is 0 Å². The minimum atomic E-state index is -3.57. The lowest BCUT2D eigenvalue weighted by Gasteiger charge is -2.31. The number of hydrogen-bond acceptors (Lipinski definition) is 3. The van der Waals surface area contributed by atoms with Crippen molar-refractivity contribution in [3.8, 4) is 0 Å². The van der Waals surface area contributed by atoms with Gasteiger partial charge in [0.2, 0.25) is 15.9 Å². The second kappa shape index (κ2) is 7.27. The molecule has 0 aliphatic carbocycles.